The number of benzene rings is 2. The van der Waals surface area contributed by atoms with Gasteiger partial charge in [0.2, 0.25) is 5.82 Å². The van der Waals surface area contributed by atoms with Crippen LogP contribution < -0.4 is 5.63 Å². The first-order valence-corrected chi connectivity index (χ1v) is 5.96. The van der Waals surface area contributed by atoms with Gasteiger partial charge in [-0.25, -0.2) is 26.7 Å². The number of halogens is 5. The summed E-state index contributed by atoms with van der Waals surface area (Å²) >= 11 is 0. The van der Waals surface area contributed by atoms with Gasteiger partial charge in [-0.05, 0) is 6.07 Å². The van der Waals surface area contributed by atoms with Crippen LogP contribution in [-0.2, 0) is 0 Å². The molecule has 0 bridgehead atoms. The van der Waals surface area contributed by atoms with Crippen LogP contribution in [0, 0.1) is 29.1 Å². The summed E-state index contributed by atoms with van der Waals surface area (Å²) in [5.41, 5.74) is -2.60. The van der Waals surface area contributed by atoms with Crippen molar-refractivity contribution in [2.45, 2.75) is 0 Å². The van der Waals surface area contributed by atoms with Gasteiger partial charge >= 0.3 is 5.63 Å². The molecule has 1 aromatic heterocycles. The topological polar surface area (TPSA) is 30.2 Å². The monoisotopic (exact) mass is 312 g/mol. The normalized spacial score (nSPS) is 11.1. The van der Waals surface area contributed by atoms with Crippen molar-refractivity contribution in [3.8, 4) is 11.1 Å². The molecule has 0 radical (unpaired) electrons. The van der Waals surface area contributed by atoms with Crippen molar-refractivity contribution in [1.29, 1.82) is 0 Å². The van der Waals surface area contributed by atoms with Crippen molar-refractivity contribution < 1.29 is 26.4 Å². The molecule has 0 spiro atoms. The zero-order valence-electron chi connectivity index (χ0n) is 10.6. The Hall–Kier alpha value is -2.70. The predicted octanol–water partition coefficient (Wildman–Crippen LogP) is 4.16. The summed E-state index contributed by atoms with van der Waals surface area (Å²) in [5.74, 6) is -10.4. The van der Waals surface area contributed by atoms with Gasteiger partial charge in [0.05, 0.1) is 5.56 Å². The molecule has 22 heavy (non-hydrogen) atoms. The molecule has 0 amide bonds. The average molecular weight is 312 g/mol. The van der Waals surface area contributed by atoms with Gasteiger partial charge in [-0.1, -0.05) is 18.2 Å². The van der Waals surface area contributed by atoms with E-state index >= 15 is 0 Å². The molecule has 0 aliphatic heterocycles. The van der Waals surface area contributed by atoms with Gasteiger partial charge in [-0.3, -0.25) is 0 Å². The highest BCUT2D eigenvalue weighted by molar-refractivity contribution is 5.93. The Bertz CT molecular complexity index is 933. The van der Waals surface area contributed by atoms with Crippen molar-refractivity contribution in [3.63, 3.8) is 0 Å². The molecular weight excluding hydrogens is 307 g/mol. The van der Waals surface area contributed by atoms with E-state index in [0.717, 1.165) is 0 Å². The van der Waals surface area contributed by atoms with Crippen LogP contribution >= 0.6 is 0 Å². The van der Waals surface area contributed by atoms with Crippen LogP contribution in [0.4, 0.5) is 22.0 Å². The van der Waals surface area contributed by atoms with E-state index in [-0.39, 0.29) is 11.0 Å². The van der Waals surface area contributed by atoms with Gasteiger partial charge in [0, 0.05) is 17.0 Å². The van der Waals surface area contributed by atoms with Crippen LogP contribution in [-0.4, -0.2) is 0 Å². The van der Waals surface area contributed by atoms with Crippen LogP contribution in [0.15, 0.2) is 39.5 Å². The molecule has 0 fully saturated rings. The highest BCUT2D eigenvalue weighted by Crippen LogP contribution is 2.34. The van der Waals surface area contributed by atoms with E-state index in [0.29, 0.717) is 6.07 Å². The van der Waals surface area contributed by atoms with E-state index in [1.165, 1.54) is 24.3 Å². The van der Waals surface area contributed by atoms with E-state index in [9.17, 15) is 26.7 Å². The molecule has 0 saturated carbocycles. The second kappa shape index (κ2) is 4.94. The second-order valence-electron chi connectivity index (χ2n) is 4.42. The summed E-state index contributed by atoms with van der Waals surface area (Å²) in [5, 5.41) is 0.0466. The minimum Gasteiger partial charge on any atom is -0.423 e. The molecule has 2 nitrogen and oxygen atoms in total. The van der Waals surface area contributed by atoms with E-state index in [2.05, 4.69) is 0 Å². The van der Waals surface area contributed by atoms with Crippen molar-refractivity contribution >= 4 is 11.0 Å². The molecule has 0 saturated heterocycles. The van der Waals surface area contributed by atoms with Gasteiger partial charge in [0.15, 0.2) is 23.3 Å². The fraction of sp³-hybridized carbons (Fsp3) is 0. The average Bonchev–Trinajstić information content (AvgIpc) is 2.51. The number of rotatable bonds is 1. The lowest BCUT2D eigenvalue weighted by Crippen LogP contribution is -2.06. The van der Waals surface area contributed by atoms with Gasteiger partial charge in [0.1, 0.15) is 5.58 Å². The first kappa shape index (κ1) is 14.2. The van der Waals surface area contributed by atoms with Crippen LogP contribution in [0.1, 0.15) is 0 Å². The Morgan fingerprint density at radius 3 is 1.95 bits per heavy atom. The first-order chi connectivity index (χ1) is 10.4. The molecule has 0 atom stereocenters. The molecule has 0 aliphatic rings. The molecule has 112 valence electrons. The zero-order valence-corrected chi connectivity index (χ0v) is 10.6. The third-order valence-corrected chi connectivity index (χ3v) is 3.13. The second-order valence-corrected chi connectivity index (χ2v) is 4.42. The summed E-state index contributed by atoms with van der Waals surface area (Å²) < 4.78 is 72.4. The molecule has 2 aromatic carbocycles. The lowest BCUT2D eigenvalue weighted by molar-refractivity contribution is 0.381. The first-order valence-electron chi connectivity index (χ1n) is 5.96. The Balaban J connectivity index is 2.51. The maximum absolute atomic E-state index is 13.9. The molecule has 7 heteroatoms. The molecule has 0 unspecified atom stereocenters. The highest BCUT2D eigenvalue weighted by Gasteiger charge is 2.27. The third kappa shape index (κ3) is 1.97. The zero-order chi connectivity index (χ0) is 16.0. The van der Waals surface area contributed by atoms with Crippen LogP contribution in [0.3, 0.4) is 0 Å². The lowest BCUT2D eigenvalue weighted by atomic mass is 10.00. The van der Waals surface area contributed by atoms with Gasteiger partial charge in [-0.2, -0.15) is 0 Å². The van der Waals surface area contributed by atoms with Crippen molar-refractivity contribution in [1.82, 2.24) is 0 Å². The molecule has 1 heterocycles. The Morgan fingerprint density at radius 1 is 0.773 bits per heavy atom. The Labute approximate surface area is 119 Å². The minimum atomic E-state index is -2.26. The maximum Gasteiger partial charge on any atom is 0.336 e. The number of fused-ring (bicyclic) bond motifs is 1. The smallest absolute Gasteiger partial charge is 0.336 e. The molecule has 3 aromatic rings. The Kier molecular flexibility index (Phi) is 3.20. The third-order valence-electron chi connectivity index (χ3n) is 3.13. The van der Waals surface area contributed by atoms with Crippen LogP contribution in [0.2, 0.25) is 0 Å². The predicted molar refractivity (Wildman–Crippen MR) is 67.7 cm³/mol. The van der Waals surface area contributed by atoms with Crippen LogP contribution in [0.5, 0.6) is 0 Å². The summed E-state index contributed by atoms with van der Waals surface area (Å²) in [6.45, 7) is 0. The van der Waals surface area contributed by atoms with E-state index in [4.69, 9.17) is 4.42 Å². The maximum atomic E-state index is 13.9. The van der Waals surface area contributed by atoms with Gasteiger partial charge < -0.3 is 4.42 Å². The standard InChI is InChI=1S/C15H5F5O2/c16-11-10(12(17)14(19)15(20)13(11)18)7-5-9(21)22-8-4-2-1-3-6(7)8/h1-5H. The molecule has 3 rings (SSSR count). The number of para-hydroxylation sites is 1. The van der Waals surface area contributed by atoms with Crippen molar-refractivity contribution in [3.05, 3.63) is 69.8 Å². The molecular formula is C15H5F5O2. The molecule has 0 N–H and O–H groups in total. The highest BCUT2D eigenvalue weighted by atomic mass is 19.2. The summed E-state index contributed by atoms with van der Waals surface area (Å²) in [6, 6.07) is 6.32. The number of hydrogen-bond donors (Lipinski definition) is 0. The van der Waals surface area contributed by atoms with Gasteiger partial charge in [0.25, 0.3) is 0 Å². The van der Waals surface area contributed by atoms with E-state index < -0.39 is 45.8 Å². The summed E-state index contributed by atoms with van der Waals surface area (Å²) in [4.78, 5) is 11.5. The fourth-order valence-electron chi connectivity index (χ4n) is 2.16. The quantitative estimate of drug-likeness (QED) is 0.292. The number of hydrogen-bond acceptors (Lipinski definition) is 2. The SMILES string of the molecule is O=c1cc(-c2c(F)c(F)c(F)c(F)c2F)c2ccccc2o1. The van der Waals surface area contributed by atoms with Gasteiger partial charge in [-0.15, -0.1) is 0 Å². The van der Waals surface area contributed by atoms with Crippen molar-refractivity contribution in [2.75, 3.05) is 0 Å². The fourth-order valence-corrected chi connectivity index (χ4v) is 2.16. The van der Waals surface area contributed by atoms with Crippen LogP contribution in [0.25, 0.3) is 22.1 Å². The summed E-state index contributed by atoms with van der Waals surface area (Å²) in [6.07, 6.45) is 0. The lowest BCUT2D eigenvalue weighted by Gasteiger charge is -2.10. The van der Waals surface area contributed by atoms with Crippen molar-refractivity contribution in [2.24, 2.45) is 0 Å². The largest absolute Gasteiger partial charge is 0.423 e. The minimum absolute atomic E-state index is 0.0334. The van der Waals surface area contributed by atoms with E-state index in [1.807, 2.05) is 0 Å². The molecule has 0 aliphatic carbocycles. The van der Waals surface area contributed by atoms with E-state index in [1.54, 1.807) is 0 Å². The summed E-state index contributed by atoms with van der Waals surface area (Å²) in [7, 11) is 0. The Morgan fingerprint density at radius 2 is 1.32 bits per heavy atom.